The molecule has 0 amide bonds. The molecule has 3 aliphatic heterocycles. The number of aromatic hydroxyl groups is 2. The van der Waals surface area contributed by atoms with E-state index in [9.17, 15) is 66.1 Å². The Morgan fingerprint density at radius 2 is 1.37 bits per heavy atom. The van der Waals surface area contributed by atoms with Crippen LogP contribution in [-0.2, 0) is 18.9 Å². The average Bonchev–Trinajstić information content (AvgIpc) is 3.10. The number of rotatable bonds is 8. The summed E-state index contributed by atoms with van der Waals surface area (Å²) in [6.07, 6.45) is -22.4. The molecule has 0 bridgehead atoms. The summed E-state index contributed by atoms with van der Waals surface area (Å²) in [5.41, 5.74) is -1.28. The van der Waals surface area contributed by atoms with Crippen molar-refractivity contribution in [1.82, 2.24) is 0 Å². The highest BCUT2D eigenvalue weighted by Gasteiger charge is 2.48. The van der Waals surface area contributed by atoms with Crippen molar-refractivity contribution < 1.29 is 89.4 Å². The van der Waals surface area contributed by atoms with Crippen LogP contribution >= 0.6 is 0 Å². The molecule has 0 unspecified atom stereocenters. The van der Waals surface area contributed by atoms with Crippen LogP contribution in [0.5, 0.6) is 17.2 Å². The smallest absolute Gasteiger partial charge is 0.229 e. The second-order valence-corrected chi connectivity index (χ2v) is 12.5. The SMILES string of the molecule is O=c1cc(-c2ccc(O[C@@H]3O[C@H](CO)[C@@H](O)[C@H](O)[C@H]3O)cc2)oc2cc(O)c([C@@H]3O[C@H](CO[C@@H]4OC[C@@H](O)[C@H](O)[C@H]4O)[C@@H](O)[C@H](O)[C@H]3O)c(O)c12. The van der Waals surface area contributed by atoms with Crippen molar-refractivity contribution in [2.75, 3.05) is 19.8 Å². The topological polar surface area (TPSA) is 319 Å². The molecule has 3 saturated heterocycles. The minimum Gasteiger partial charge on any atom is -0.507 e. The van der Waals surface area contributed by atoms with E-state index in [4.69, 9.17) is 28.1 Å². The van der Waals surface area contributed by atoms with Crippen molar-refractivity contribution in [2.45, 2.75) is 85.8 Å². The molecule has 3 aliphatic rings. The van der Waals surface area contributed by atoms with E-state index in [1.807, 2.05) is 0 Å². The van der Waals surface area contributed by atoms with Gasteiger partial charge in [-0.3, -0.25) is 4.79 Å². The quantitative estimate of drug-likeness (QED) is 0.105. The van der Waals surface area contributed by atoms with E-state index in [1.165, 1.54) is 24.3 Å². The minimum absolute atomic E-state index is 0.0205. The minimum atomic E-state index is -1.94. The molecule has 0 saturated carbocycles. The van der Waals surface area contributed by atoms with E-state index in [1.54, 1.807) is 0 Å². The van der Waals surface area contributed by atoms with Gasteiger partial charge < -0.3 is 89.4 Å². The fourth-order valence-electron chi connectivity index (χ4n) is 6.17. The summed E-state index contributed by atoms with van der Waals surface area (Å²) in [5, 5.41) is 123. The van der Waals surface area contributed by atoms with Crippen LogP contribution in [0.4, 0.5) is 0 Å². The maximum atomic E-state index is 13.3. The summed E-state index contributed by atoms with van der Waals surface area (Å²) in [7, 11) is 0. The van der Waals surface area contributed by atoms with Crippen molar-refractivity contribution in [2.24, 2.45) is 0 Å². The Kier molecular flexibility index (Phi) is 10.8. The molecule has 280 valence electrons. The lowest BCUT2D eigenvalue weighted by molar-refractivity contribution is -0.292. The van der Waals surface area contributed by atoms with E-state index >= 15 is 0 Å². The number of ether oxygens (including phenoxy) is 5. The molecule has 3 aromatic rings. The second kappa shape index (κ2) is 14.8. The van der Waals surface area contributed by atoms with Gasteiger partial charge in [0.1, 0.15) is 107 Å². The zero-order valence-corrected chi connectivity index (χ0v) is 26.4. The third kappa shape index (κ3) is 7.02. The van der Waals surface area contributed by atoms with Gasteiger partial charge >= 0.3 is 0 Å². The molecule has 6 rings (SSSR count). The molecule has 0 radical (unpaired) electrons. The zero-order valence-electron chi connectivity index (χ0n) is 26.4. The molecule has 1 aromatic heterocycles. The van der Waals surface area contributed by atoms with Gasteiger partial charge in [-0.2, -0.15) is 0 Å². The summed E-state index contributed by atoms with van der Waals surface area (Å²) < 4.78 is 33.0. The number of aliphatic hydroxyl groups excluding tert-OH is 10. The van der Waals surface area contributed by atoms with Crippen molar-refractivity contribution in [1.29, 1.82) is 0 Å². The van der Waals surface area contributed by atoms with Gasteiger partial charge in [-0.15, -0.1) is 0 Å². The van der Waals surface area contributed by atoms with Gasteiger partial charge in [-0.25, -0.2) is 0 Å². The third-order valence-corrected chi connectivity index (χ3v) is 9.13. The van der Waals surface area contributed by atoms with Crippen LogP contribution in [0, 0.1) is 0 Å². The monoisotopic (exact) mass is 726 g/mol. The predicted octanol–water partition coefficient (Wildman–Crippen LogP) is -3.97. The number of phenols is 2. The maximum Gasteiger partial charge on any atom is 0.229 e. The third-order valence-electron chi connectivity index (χ3n) is 9.13. The lowest BCUT2D eigenvalue weighted by atomic mass is 9.89. The van der Waals surface area contributed by atoms with Crippen LogP contribution in [0.1, 0.15) is 11.7 Å². The predicted molar refractivity (Wildman–Crippen MR) is 165 cm³/mol. The summed E-state index contributed by atoms with van der Waals surface area (Å²) in [4.78, 5) is 13.3. The lowest BCUT2D eigenvalue weighted by Crippen LogP contribution is -2.60. The van der Waals surface area contributed by atoms with E-state index < -0.39 is 127 Å². The number of aliphatic hydroxyl groups is 10. The van der Waals surface area contributed by atoms with Crippen molar-refractivity contribution in [3.8, 4) is 28.6 Å². The van der Waals surface area contributed by atoms with Crippen LogP contribution in [0.15, 0.2) is 45.6 Å². The van der Waals surface area contributed by atoms with E-state index in [-0.39, 0.29) is 23.7 Å². The summed E-state index contributed by atoms with van der Waals surface area (Å²) in [6, 6.07) is 7.74. The van der Waals surface area contributed by atoms with Gasteiger partial charge in [0, 0.05) is 17.7 Å². The molecule has 0 spiro atoms. The van der Waals surface area contributed by atoms with Crippen LogP contribution in [-0.4, -0.2) is 161 Å². The van der Waals surface area contributed by atoms with Crippen molar-refractivity contribution in [3.63, 3.8) is 0 Å². The Bertz CT molecular complexity index is 1730. The lowest BCUT2D eigenvalue weighted by Gasteiger charge is -2.42. The van der Waals surface area contributed by atoms with Gasteiger partial charge in [-0.1, -0.05) is 0 Å². The molecule has 19 heteroatoms. The number of fused-ring (bicyclic) bond motifs is 1. The fourth-order valence-corrected chi connectivity index (χ4v) is 6.17. The zero-order chi connectivity index (χ0) is 36.9. The summed E-state index contributed by atoms with van der Waals surface area (Å²) in [6.45, 7) is -1.62. The Hall–Kier alpha value is -3.51. The van der Waals surface area contributed by atoms with Crippen LogP contribution in [0.2, 0.25) is 0 Å². The molecule has 4 heterocycles. The van der Waals surface area contributed by atoms with Gasteiger partial charge in [-0.05, 0) is 24.3 Å². The largest absolute Gasteiger partial charge is 0.507 e. The number of phenolic OH excluding ortho intramolecular Hbond substituents is 2. The number of hydrogen-bond donors (Lipinski definition) is 12. The van der Waals surface area contributed by atoms with Crippen LogP contribution in [0.3, 0.4) is 0 Å². The van der Waals surface area contributed by atoms with E-state index in [0.717, 1.165) is 12.1 Å². The van der Waals surface area contributed by atoms with Crippen LogP contribution in [0.25, 0.3) is 22.3 Å². The number of benzene rings is 2. The Morgan fingerprint density at radius 1 is 0.725 bits per heavy atom. The average molecular weight is 727 g/mol. The standard InChI is InChI=1S/C32H38O19/c33-7-17-22(38)26(42)29(45)32(51-17)48-11-3-1-10(2-4-11)15-5-12(34)19-16(49-15)6-13(35)20(24(19)40)30-27(43)25(41)23(39)18(50-30)9-47-31-28(44)21(37)14(36)8-46-31/h1-6,14,17-18,21-23,25-33,35-45H,7-9H2/t14-,17-,18-,21+,22-,23-,25+,26+,27-,28-,29-,30+,31+,32-/m1/s1. The maximum absolute atomic E-state index is 13.3. The fraction of sp³-hybridized carbons (Fsp3) is 0.531. The highest BCUT2D eigenvalue weighted by Crippen LogP contribution is 2.45. The summed E-state index contributed by atoms with van der Waals surface area (Å²) in [5.74, 6) is -1.47. The first-order chi connectivity index (χ1) is 24.2. The van der Waals surface area contributed by atoms with Crippen LogP contribution < -0.4 is 10.2 Å². The van der Waals surface area contributed by atoms with Gasteiger partial charge in [0.05, 0.1) is 25.4 Å². The molecular formula is C32H38O19. The number of hydrogen-bond acceptors (Lipinski definition) is 19. The van der Waals surface area contributed by atoms with Crippen molar-refractivity contribution >= 4 is 11.0 Å². The van der Waals surface area contributed by atoms with Crippen molar-refractivity contribution in [3.05, 3.63) is 52.2 Å². The Balaban J connectivity index is 1.22. The molecule has 2 aromatic carbocycles. The van der Waals surface area contributed by atoms with Gasteiger partial charge in [0.15, 0.2) is 11.7 Å². The normalized spacial score (nSPS) is 37.4. The first-order valence-electron chi connectivity index (χ1n) is 15.8. The molecule has 14 atom stereocenters. The summed E-state index contributed by atoms with van der Waals surface area (Å²) >= 11 is 0. The van der Waals surface area contributed by atoms with E-state index in [0.29, 0.717) is 5.56 Å². The molecule has 0 aliphatic carbocycles. The molecule has 12 N–H and O–H groups in total. The first kappa shape index (κ1) is 37.3. The van der Waals surface area contributed by atoms with E-state index in [2.05, 4.69) is 0 Å². The molecule has 3 fully saturated rings. The van der Waals surface area contributed by atoms with Gasteiger partial charge in [0.2, 0.25) is 6.29 Å². The Morgan fingerprint density at radius 3 is 2.06 bits per heavy atom. The molecular weight excluding hydrogens is 688 g/mol. The molecule has 51 heavy (non-hydrogen) atoms. The van der Waals surface area contributed by atoms with Gasteiger partial charge in [0.25, 0.3) is 0 Å². The molecule has 19 nitrogen and oxygen atoms in total. The highest BCUT2D eigenvalue weighted by molar-refractivity contribution is 5.88. The Labute approximate surface area is 286 Å². The highest BCUT2D eigenvalue weighted by atomic mass is 16.7. The second-order valence-electron chi connectivity index (χ2n) is 12.5. The first-order valence-corrected chi connectivity index (χ1v) is 15.8.